The molecule has 2 aromatic carbocycles. The van der Waals surface area contributed by atoms with Crippen molar-refractivity contribution < 1.29 is 0 Å². The summed E-state index contributed by atoms with van der Waals surface area (Å²) in [6.07, 6.45) is 0.979. The van der Waals surface area contributed by atoms with Gasteiger partial charge < -0.3 is 4.98 Å². The third-order valence-corrected chi connectivity index (χ3v) is 6.42. The lowest BCUT2D eigenvalue weighted by Gasteiger charge is -2.22. The van der Waals surface area contributed by atoms with Crippen LogP contribution in [0, 0.1) is 0 Å². The molecule has 0 saturated carbocycles. The maximum Gasteiger partial charge on any atom is 0.0998 e. The van der Waals surface area contributed by atoms with Gasteiger partial charge in [-0.3, -0.25) is 0 Å². The summed E-state index contributed by atoms with van der Waals surface area (Å²) >= 11 is 1.82. The fourth-order valence-electron chi connectivity index (χ4n) is 3.44. The predicted octanol–water partition coefficient (Wildman–Crippen LogP) is 6.60. The maximum atomic E-state index is 4.89. The van der Waals surface area contributed by atoms with E-state index in [1.54, 1.807) is 0 Å². The van der Waals surface area contributed by atoms with Crippen LogP contribution in [0.15, 0.2) is 48.5 Å². The summed E-state index contributed by atoms with van der Waals surface area (Å²) in [7, 11) is 0. The average molecular weight is 363 g/mol. The first-order valence-corrected chi connectivity index (χ1v) is 10.0. The molecule has 1 N–H and O–H groups in total. The SMILES string of the molecule is CC(C)(C)c1cc2ccc(CC(C)(C)c3nc4ccccc4s3)cc2[nH]1. The van der Waals surface area contributed by atoms with Crippen LogP contribution < -0.4 is 0 Å². The lowest BCUT2D eigenvalue weighted by molar-refractivity contribution is 0.520. The number of hydrogen-bond acceptors (Lipinski definition) is 2. The number of hydrogen-bond donors (Lipinski definition) is 1. The third-order valence-electron chi connectivity index (χ3n) is 5.01. The van der Waals surface area contributed by atoms with Gasteiger partial charge >= 0.3 is 0 Å². The fraction of sp³-hybridized carbons (Fsp3) is 0.348. The molecule has 0 amide bonds. The first kappa shape index (κ1) is 17.3. The second kappa shape index (κ2) is 5.95. The summed E-state index contributed by atoms with van der Waals surface area (Å²) in [5.74, 6) is 0. The minimum absolute atomic E-state index is 0.0107. The molecular weight excluding hydrogens is 336 g/mol. The standard InChI is InChI=1S/C23H26N2S/c1-22(2,3)20-13-16-11-10-15(12-18(16)24-20)14-23(4,5)21-25-17-8-6-7-9-19(17)26-21/h6-13,24H,14H2,1-5H3. The largest absolute Gasteiger partial charge is 0.358 e. The minimum atomic E-state index is 0.0107. The van der Waals surface area contributed by atoms with Crippen LogP contribution in [0.5, 0.6) is 0 Å². The van der Waals surface area contributed by atoms with E-state index in [0.717, 1.165) is 11.9 Å². The van der Waals surface area contributed by atoms with Crippen molar-refractivity contribution >= 4 is 32.5 Å². The fourth-order valence-corrected chi connectivity index (χ4v) is 4.50. The predicted molar refractivity (Wildman–Crippen MR) is 113 cm³/mol. The monoisotopic (exact) mass is 362 g/mol. The first-order valence-electron chi connectivity index (χ1n) is 9.21. The Bertz CT molecular complexity index is 1040. The molecule has 0 bridgehead atoms. The third kappa shape index (κ3) is 3.16. The Labute approximate surface area is 159 Å². The molecule has 4 aromatic rings. The maximum absolute atomic E-state index is 4.89. The molecule has 0 aliphatic carbocycles. The molecule has 2 aromatic heterocycles. The number of nitrogens with one attached hydrogen (secondary N) is 1. The Morgan fingerprint density at radius 1 is 0.962 bits per heavy atom. The van der Waals surface area contributed by atoms with Crippen molar-refractivity contribution in [2.45, 2.75) is 51.9 Å². The van der Waals surface area contributed by atoms with Crippen LogP contribution in [-0.2, 0) is 17.3 Å². The van der Waals surface area contributed by atoms with Crippen molar-refractivity contribution in [2.75, 3.05) is 0 Å². The molecule has 0 radical (unpaired) electrons. The topological polar surface area (TPSA) is 28.7 Å². The molecular formula is C23H26N2S. The van der Waals surface area contributed by atoms with E-state index in [1.165, 1.54) is 31.9 Å². The number of aromatic nitrogens is 2. The number of thiazole rings is 1. The van der Waals surface area contributed by atoms with Gasteiger partial charge in [0.1, 0.15) is 0 Å². The number of fused-ring (bicyclic) bond motifs is 2. The van der Waals surface area contributed by atoms with Gasteiger partial charge in [-0.1, -0.05) is 58.9 Å². The van der Waals surface area contributed by atoms with E-state index in [4.69, 9.17) is 4.98 Å². The highest BCUT2D eigenvalue weighted by atomic mass is 32.1. The summed E-state index contributed by atoms with van der Waals surface area (Å²) in [5.41, 5.74) is 5.12. The lowest BCUT2D eigenvalue weighted by atomic mass is 9.86. The molecule has 0 saturated heterocycles. The van der Waals surface area contributed by atoms with Crippen molar-refractivity contribution in [1.82, 2.24) is 9.97 Å². The Hall–Kier alpha value is -2.13. The van der Waals surface area contributed by atoms with Crippen molar-refractivity contribution in [3.63, 3.8) is 0 Å². The van der Waals surface area contributed by atoms with E-state index in [1.807, 2.05) is 11.3 Å². The molecule has 2 heterocycles. The molecule has 0 aliphatic rings. The van der Waals surface area contributed by atoms with E-state index >= 15 is 0 Å². The van der Waals surface area contributed by atoms with Gasteiger partial charge in [-0.15, -0.1) is 11.3 Å². The van der Waals surface area contributed by atoms with Crippen molar-refractivity contribution in [1.29, 1.82) is 0 Å². The van der Waals surface area contributed by atoms with Crippen LogP contribution in [-0.4, -0.2) is 9.97 Å². The van der Waals surface area contributed by atoms with Gasteiger partial charge in [0.25, 0.3) is 0 Å². The zero-order valence-corrected chi connectivity index (χ0v) is 17.0. The van der Waals surface area contributed by atoms with Crippen LogP contribution in [0.4, 0.5) is 0 Å². The molecule has 3 heteroatoms. The highest BCUT2D eigenvalue weighted by Gasteiger charge is 2.25. The minimum Gasteiger partial charge on any atom is -0.358 e. The van der Waals surface area contributed by atoms with Crippen LogP contribution in [0.3, 0.4) is 0 Å². The van der Waals surface area contributed by atoms with Crippen LogP contribution in [0.1, 0.15) is 50.9 Å². The van der Waals surface area contributed by atoms with E-state index in [-0.39, 0.29) is 10.8 Å². The van der Waals surface area contributed by atoms with Gasteiger partial charge in [0.2, 0.25) is 0 Å². The van der Waals surface area contributed by atoms with Crippen LogP contribution in [0.2, 0.25) is 0 Å². The van der Waals surface area contributed by atoms with Gasteiger partial charge in [-0.2, -0.15) is 0 Å². The van der Waals surface area contributed by atoms with Crippen molar-refractivity contribution in [3.8, 4) is 0 Å². The van der Waals surface area contributed by atoms with E-state index in [0.29, 0.717) is 0 Å². The molecule has 2 nitrogen and oxygen atoms in total. The highest BCUT2D eigenvalue weighted by molar-refractivity contribution is 7.18. The van der Waals surface area contributed by atoms with Crippen LogP contribution in [0.25, 0.3) is 21.1 Å². The summed E-state index contributed by atoms with van der Waals surface area (Å²) < 4.78 is 1.27. The smallest absolute Gasteiger partial charge is 0.0998 e. The number of H-pyrrole nitrogens is 1. The molecule has 0 unspecified atom stereocenters. The van der Waals surface area contributed by atoms with Gasteiger partial charge in [-0.05, 0) is 41.6 Å². The van der Waals surface area contributed by atoms with Gasteiger partial charge in [0.15, 0.2) is 0 Å². The molecule has 0 aliphatic heterocycles. The normalized spacial score (nSPS) is 13.0. The Morgan fingerprint density at radius 3 is 2.46 bits per heavy atom. The van der Waals surface area contributed by atoms with Crippen LogP contribution >= 0.6 is 11.3 Å². The van der Waals surface area contributed by atoms with E-state index in [2.05, 4.69) is 88.1 Å². The van der Waals surface area contributed by atoms with Crippen molar-refractivity contribution in [2.24, 2.45) is 0 Å². The van der Waals surface area contributed by atoms with Crippen molar-refractivity contribution in [3.05, 3.63) is 64.8 Å². The van der Waals surface area contributed by atoms with Gasteiger partial charge in [-0.25, -0.2) is 4.98 Å². The molecule has 0 atom stereocenters. The second-order valence-corrected chi connectivity index (χ2v) is 9.93. The molecule has 0 fully saturated rings. The summed E-state index contributed by atoms with van der Waals surface area (Å²) in [5, 5.41) is 2.50. The molecule has 134 valence electrons. The number of aromatic amines is 1. The zero-order valence-electron chi connectivity index (χ0n) is 16.2. The Kier molecular flexibility index (Phi) is 3.96. The summed E-state index contributed by atoms with van der Waals surface area (Å²) in [4.78, 5) is 8.50. The summed E-state index contributed by atoms with van der Waals surface area (Å²) in [6.45, 7) is 11.3. The van der Waals surface area contributed by atoms with E-state index < -0.39 is 0 Å². The number of rotatable bonds is 3. The Morgan fingerprint density at radius 2 is 1.73 bits per heavy atom. The molecule has 26 heavy (non-hydrogen) atoms. The lowest BCUT2D eigenvalue weighted by Crippen LogP contribution is -2.20. The second-order valence-electron chi connectivity index (χ2n) is 8.90. The first-order chi connectivity index (χ1) is 12.2. The Balaban J connectivity index is 1.66. The van der Waals surface area contributed by atoms with Gasteiger partial charge in [0, 0.05) is 22.0 Å². The molecule has 4 rings (SSSR count). The number of nitrogens with zero attached hydrogens (tertiary/aromatic N) is 1. The highest BCUT2D eigenvalue weighted by Crippen LogP contribution is 2.35. The molecule has 0 spiro atoms. The zero-order chi connectivity index (χ0) is 18.5. The average Bonchev–Trinajstić information content (AvgIpc) is 3.18. The van der Waals surface area contributed by atoms with Gasteiger partial charge in [0.05, 0.1) is 15.2 Å². The number of para-hydroxylation sites is 1. The summed E-state index contributed by atoms with van der Waals surface area (Å²) in [6, 6.07) is 17.5. The quantitative estimate of drug-likeness (QED) is 0.437. The van der Waals surface area contributed by atoms with E-state index in [9.17, 15) is 0 Å². The number of benzene rings is 2.